The van der Waals surface area contributed by atoms with Gasteiger partial charge in [-0.3, -0.25) is 0 Å². The van der Waals surface area contributed by atoms with Gasteiger partial charge in [-0.05, 0) is 43.1 Å². The van der Waals surface area contributed by atoms with E-state index in [4.69, 9.17) is 8.92 Å². The largest absolute Gasteiger partial charge is 0.492 e. The Morgan fingerprint density at radius 1 is 1.50 bits per heavy atom. The highest BCUT2D eigenvalue weighted by Gasteiger charge is 2.15. The molecule has 1 unspecified atom stereocenters. The third-order valence-corrected chi connectivity index (χ3v) is 3.81. The van der Waals surface area contributed by atoms with Crippen molar-refractivity contribution in [2.24, 2.45) is 0 Å². The van der Waals surface area contributed by atoms with Crippen LogP contribution in [0.5, 0.6) is 5.75 Å². The van der Waals surface area contributed by atoms with E-state index < -0.39 is 0 Å². The zero-order valence-electron chi connectivity index (χ0n) is 11.1. The topological polar surface area (TPSA) is 30.5 Å². The van der Waals surface area contributed by atoms with E-state index in [2.05, 4.69) is 37.4 Å². The van der Waals surface area contributed by atoms with Crippen molar-refractivity contribution in [2.45, 2.75) is 32.9 Å². The Morgan fingerprint density at radius 2 is 2.39 bits per heavy atom. The molecule has 1 aromatic rings. The molecule has 0 spiro atoms. The molecule has 1 aliphatic rings. The van der Waals surface area contributed by atoms with E-state index in [0.29, 0.717) is 12.6 Å². The molecule has 0 aliphatic carbocycles. The molecule has 0 aromatic heterocycles. The van der Waals surface area contributed by atoms with Crippen molar-refractivity contribution < 1.29 is 8.92 Å². The third kappa shape index (κ3) is 3.64. The summed E-state index contributed by atoms with van der Waals surface area (Å²) in [5.74, 6) is 2.05. The van der Waals surface area contributed by atoms with E-state index in [1.165, 1.54) is 11.1 Å². The van der Waals surface area contributed by atoms with Crippen LogP contribution in [0.3, 0.4) is 0 Å². The molecule has 0 fully saturated rings. The fourth-order valence-corrected chi connectivity index (χ4v) is 2.46. The van der Waals surface area contributed by atoms with Gasteiger partial charge >= 0.3 is 0 Å². The minimum Gasteiger partial charge on any atom is -0.492 e. The van der Waals surface area contributed by atoms with E-state index >= 15 is 0 Å². The summed E-state index contributed by atoms with van der Waals surface area (Å²) >= 11 is 1.54. The molecule has 1 aromatic carbocycles. The summed E-state index contributed by atoms with van der Waals surface area (Å²) in [6.07, 6.45) is 1.14. The SMILES string of the molecule is CCCSOCc1ccc2c(c1)C(C)NCCO2. The Labute approximate surface area is 113 Å². The van der Waals surface area contributed by atoms with Gasteiger partial charge in [0.15, 0.2) is 0 Å². The maximum atomic E-state index is 5.71. The van der Waals surface area contributed by atoms with Crippen LogP contribution >= 0.6 is 12.0 Å². The minimum absolute atomic E-state index is 0.339. The van der Waals surface area contributed by atoms with Crippen LogP contribution < -0.4 is 10.1 Å². The van der Waals surface area contributed by atoms with Crippen molar-refractivity contribution in [1.82, 2.24) is 5.32 Å². The van der Waals surface area contributed by atoms with E-state index in [0.717, 1.165) is 31.1 Å². The monoisotopic (exact) mass is 267 g/mol. The van der Waals surface area contributed by atoms with Crippen LogP contribution in [0, 0.1) is 0 Å². The summed E-state index contributed by atoms with van der Waals surface area (Å²) < 4.78 is 11.3. The average Bonchev–Trinajstić information content (AvgIpc) is 2.57. The first kappa shape index (κ1) is 13.7. The number of hydrogen-bond acceptors (Lipinski definition) is 4. The van der Waals surface area contributed by atoms with E-state index in [1.54, 1.807) is 12.0 Å². The van der Waals surface area contributed by atoms with Gasteiger partial charge < -0.3 is 14.2 Å². The lowest BCUT2D eigenvalue weighted by Crippen LogP contribution is -2.20. The van der Waals surface area contributed by atoms with Crippen molar-refractivity contribution in [3.05, 3.63) is 29.3 Å². The van der Waals surface area contributed by atoms with Crippen LogP contribution in [0.4, 0.5) is 0 Å². The Kier molecular flexibility index (Phi) is 5.35. The number of fused-ring (bicyclic) bond motifs is 1. The predicted octanol–water partition coefficient (Wildman–Crippen LogP) is 3.30. The van der Waals surface area contributed by atoms with Gasteiger partial charge in [-0.1, -0.05) is 13.0 Å². The summed E-state index contributed by atoms with van der Waals surface area (Å²) in [6, 6.07) is 6.67. The number of rotatable bonds is 5. The second-order valence-corrected chi connectivity index (χ2v) is 5.36. The highest BCUT2D eigenvalue weighted by atomic mass is 32.2. The number of ether oxygens (including phenoxy) is 1. The van der Waals surface area contributed by atoms with Crippen LogP contribution in [0.1, 0.15) is 37.4 Å². The molecule has 0 radical (unpaired) electrons. The molecule has 0 saturated carbocycles. The van der Waals surface area contributed by atoms with E-state index in [-0.39, 0.29) is 0 Å². The van der Waals surface area contributed by atoms with Crippen molar-refractivity contribution in [3.63, 3.8) is 0 Å². The van der Waals surface area contributed by atoms with Gasteiger partial charge in [0.2, 0.25) is 0 Å². The van der Waals surface area contributed by atoms with Crippen molar-refractivity contribution in [1.29, 1.82) is 0 Å². The molecule has 1 N–H and O–H groups in total. The predicted molar refractivity (Wildman–Crippen MR) is 75.9 cm³/mol. The van der Waals surface area contributed by atoms with Crippen molar-refractivity contribution >= 4 is 12.0 Å². The smallest absolute Gasteiger partial charge is 0.124 e. The summed E-state index contributed by atoms with van der Waals surface area (Å²) in [4.78, 5) is 0. The molecule has 18 heavy (non-hydrogen) atoms. The molecule has 100 valence electrons. The van der Waals surface area contributed by atoms with Crippen LogP contribution in [-0.4, -0.2) is 18.9 Å². The highest BCUT2D eigenvalue weighted by Crippen LogP contribution is 2.28. The molecule has 3 nitrogen and oxygen atoms in total. The van der Waals surface area contributed by atoms with Gasteiger partial charge in [-0.15, -0.1) is 0 Å². The van der Waals surface area contributed by atoms with E-state index in [1.807, 2.05) is 0 Å². The first-order valence-corrected chi connectivity index (χ1v) is 7.45. The molecule has 0 amide bonds. The van der Waals surface area contributed by atoms with Gasteiger partial charge in [0, 0.05) is 23.9 Å². The lowest BCUT2D eigenvalue weighted by Gasteiger charge is -2.14. The Bertz CT molecular complexity index is 384. The third-order valence-electron chi connectivity index (χ3n) is 2.95. The van der Waals surface area contributed by atoms with Gasteiger partial charge in [-0.25, -0.2) is 0 Å². The van der Waals surface area contributed by atoms with Crippen LogP contribution in [-0.2, 0) is 10.8 Å². The van der Waals surface area contributed by atoms with Gasteiger partial charge in [0.25, 0.3) is 0 Å². The summed E-state index contributed by atoms with van der Waals surface area (Å²) in [7, 11) is 0. The molecule has 1 aliphatic heterocycles. The maximum Gasteiger partial charge on any atom is 0.124 e. The number of benzene rings is 1. The first-order valence-electron chi connectivity index (χ1n) is 6.54. The van der Waals surface area contributed by atoms with Crippen molar-refractivity contribution in [3.8, 4) is 5.75 Å². The van der Waals surface area contributed by atoms with Crippen LogP contribution in [0.25, 0.3) is 0 Å². The molecule has 0 bridgehead atoms. The molecule has 1 atom stereocenters. The van der Waals surface area contributed by atoms with Crippen molar-refractivity contribution in [2.75, 3.05) is 18.9 Å². The summed E-state index contributed by atoms with van der Waals surface area (Å²) in [5, 5.41) is 3.43. The average molecular weight is 267 g/mol. The number of nitrogens with one attached hydrogen (secondary N) is 1. The Hall–Kier alpha value is -0.710. The summed E-state index contributed by atoms with van der Waals surface area (Å²) in [6.45, 7) is 6.62. The second-order valence-electron chi connectivity index (χ2n) is 4.48. The maximum absolute atomic E-state index is 5.71. The molecular weight excluding hydrogens is 246 g/mol. The molecule has 2 rings (SSSR count). The summed E-state index contributed by atoms with van der Waals surface area (Å²) in [5.41, 5.74) is 2.44. The Balaban J connectivity index is 2.01. The fraction of sp³-hybridized carbons (Fsp3) is 0.571. The molecule has 4 heteroatoms. The molecular formula is C14H21NO2S. The zero-order chi connectivity index (χ0) is 12.8. The normalized spacial score (nSPS) is 18.9. The van der Waals surface area contributed by atoms with E-state index in [9.17, 15) is 0 Å². The lowest BCUT2D eigenvalue weighted by molar-refractivity contribution is 0.324. The minimum atomic E-state index is 0.339. The first-order chi connectivity index (χ1) is 8.81. The van der Waals surface area contributed by atoms with Gasteiger partial charge in [-0.2, -0.15) is 0 Å². The standard InChI is InChI=1S/C14H21NO2S/c1-3-8-18-17-10-12-4-5-14-13(9-12)11(2)15-6-7-16-14/h4-5,9,11,15H,3,6-8,10H2,1-2H3. The van der Waals surface area contributed by atoms with Crippen LogP contribution in [0.2, 0.25) is 0 Å². The quantitative estimate of drug-likeness (QED) is 0.655. The zero-order valence-corrected chi connectivity index (χ0v) is 11.9. The second kappa shape index (κ2) is 7.02. The lowest BCUT2D eigenvalue weighted by atomic mass is 10.0. The Morgan fingerprint density at radius 3 is 3.22 bits per heavy atom. The fourth-order valence-electron chi connectivity index (χ4n) is 1.96. The van der Waals surface area contributed by atoms with Gasteiger partial charge in [0.05, 0.1) is 6.61 Å². The van der Waals surface area contributed by atoms with Gasteiger partial charge in [0.1, 0.15) is 12.4 Å². The molecule has 0 saturated heterocycles. The number of hydrogen-bond donors (Lipinski definition) is 1. The van der Waals surface area contributed by atoms with Crippen LogP contribution in [0.15, 0.2) is 18.2 Å². The molecule has 1 heterocycles. The highest BCUT2D eigenvalue weighted by molar-refractivity contribution is 7.94.